The second kappa shape index (κ2) is 8.97. The summed E-state index contributed by atoms with van der Waals surface area (Å²) >= 11 is 0. The number of hydrogen-bond donors (Lipinski definition) is 0. The maximum atomic E-state index is 6.07. The van der Waals surface area contributed by atoms with Gasteiger partial charge in [0, 0.05) is 7.05 Å². The van der Waals surface area contributed by atoms with Crippen LogP contribution in [0.1, 0.15) is 29.4 Å². The van der Waals surface area contributed by atoms with E-state index in [4.69, 9.17) is 14.3 Å². The van der Waals surface area contributed by atoms with Gasteiger partial charge in [0.1, 0.15) is 31.8 Å². The lowest BCUT2D eigenvalue weighted by atomic mass is 10.1. The third kappa shape index (κ3) is 4.89. The van der Waals surface area contributed by atoms with Crippen LogP contribution < -0.4 is 9.47 Å². The minimum absolute atomic E-state index is 0.484. The van der Waals surface area contributed by atoms with Gasteiger partial charge in [0.15, 0.2) is 0 Å². The summed E-state index contributed by atoms with van der Waals surface area (Å²) in [6, 6.07) is 8.02. The summed E-state index contributed by atoms with van der Waals surface area (Å²) in [5.41, 5.74) is 4.14. The molecule has 1 heterocycles. The van der Waals surface area contributed by atoms with Gasteiger partial charge in [-0.05, 0) is 56.2 Å². The average Bonchev–Trinajstić information content (AvgIpc) is 2.92. The maximum Gasteiger partial charge on any atom is 0.128 e. The molecule has 0 atom stereocenters. The predicted octanol–water partition coefficient (Wildman–Crippen LogP) is 4.16. The second-order valence-corrected chi connectivity index (χ2v) is 5.78. The van der Waals surface area contributed by atoms with Crippen molar-refractivity contribution < 1.29 is 14.3 Å². The number of aromatic nitrogens is 1. The Morgan fingerprint density at radius 1 is 1.12 bits per heavy atom. The highest BCUT2D eigenvalue weighted by Crippen LogP contribution is 2.29. The van der Waals surface area contributed by atoms with Gasteiger partial charge in [-0.15, -0.1) is 0 Å². The lowest BCUT2D eigenvalue weighted by Crippen LogP contribution is -2.06. The molecule has 0 unspecified atom stereocenters. The average molecular weight is 342 g/mol. The van der Waals surface area contributed by atoms with Crippen molar-refractivity contribution in [2.45, 2.75) is 27.4 Å². The van der Waals surface area contributed by atoms with Crippen LogP contribution in [0, 0.1) is 13.8 Å². The first-order valence-corrected chi connectivity index (χ1v) is 8.26. The molecular weight excluding hydrogens is 316 g/mol. The fourth-order valence-corrected chi connectivity index (χ4v) is 2.56. The van der Waals surface area contributed by atoms with Crippen molar-refractivity contribution >= 4 is 6.21 Å². The molecule has 1 aromatic heterocycles. The Morgan fingerprint density at radius 2 is 1.84 bits per heavy atom. The van der Waals surface area contributed by atoms with Crippen LogP contribution in [0.4, 0.5) is 0 Å². The van der Waals surface area contributed by atoms with E-state index in [9.17, 15) is 0 Å². The summed E-state index contributed by atoms with van der Waals surface area (Å²) in [4.78, 5) is 4.73. The molecule has 134 valence electrons. The molecule has 0 amide bonds. The van der Waals surface area contributed by atoms with Gasteiger partial charge in [-0.25, -0.2) is 0 Å². The predicted molar refractivity (Wildman–Crippen MR) is 101 cm³/mol. The number of rotatable bonds is 8. The molecule has 0 saturated carbocycles. The monoisotopic (exact) mass is 342 g/mol. The number of hydrogen-bond acceptors (Lipinski definition) is 4. The molecule has 0 spiro atoms. The summed E-state index contributed by atoms with van der Waals surface area (Å²) in [6.07, 6.45) is 5.63. The van der Waals surface area contributed by atoms with Crippen molar-refractivity contribution in [2.24, 2.45) is 12.2 Å². The van der Waals surface area contributed by atoms with Gasteiger partial charge in [0.2, 0.25) is 0 Å². The molecule has 0 saturated heterocycles. The van der Waals surface area contributed by atoms with E-state index < -0.39 is 0 Å². The smallest absolute Gasteiger partial charge is 0.128 e. The SMILES string of the molecule is C/C=C/COc1cc(C)c(OCc2ccc(/C=N/OC)n2C)c(C)c1. The van der Waals surface area contributed by atoms with Gasteiger partial charge in [-0.1, -0.05) is 17.3 Å². The van der Waals surface area contributed by atoms with Crippen molar-refractivity contribution in [3.05, 3.63) is 58.9 Å². The zero-order valence-electron chi connectivity index (χ0n) is 15.6. The molecule has 0 radical (unpaired) electrons. The van der Waals surface area contributed by atoms with Gasteiger partial charge in [0.05, 0.1) is 17.6 Å². The van der Waals surface area contributed by atoms with Crippen molar-refractivity contribution in [3.8, 4) is 11.5 Å². The van der Waals surface area contributed by atoms with E-state index in [0.29, 0.717) is 13.2 Å². The van der Waals surface area contributed by atoms with E-state index in [1.165, 1.54) is 7.11 Å². The third-order valence-electron chi connectivity index (χ3n) is 3.94. The van der Waals surface area contributed by atoms with Crippen molar-refractivity contribution in [2.75, 3.05) is 13.7 Å². The zero-order chi connectivity index (χ0) is 18.2. The Labute approximate surface area is 149 Å². The number of aryl methyl sites for hydroxylation is 2. The van der Waals surface area contributed by atoms with E-state index in [0.717, 1.165) is 34.0 Å². The fourth-order valence-electron chi connectivity index (χ4n) is 2.56. The number of benzene rings is 1. The van der Waals surface area contributed by atoms with Gasteiger partial charge < -0.3 is 18.9 Å². The van der Waals surface area contributed by atoms with Crippen molar-refractivity contribution in [1.29, 1.82) is 0 Å². The lowest BCUT2D eigenvalue weighted by Gasteiger charge is -2.15. The largest absolute Gasteiger partial charge is 0.490 e. The van der Waals surface area contributed by atoms with Crippen LogP contribution in [0.5, 0.6) is 11.5 Å². The standard InChI is InChI=1S/C20H26N2O3/c1-6-7-10-24-19-11-15(2)20(16(3)12-19)25-14-18-9-8-17(22(18)4)13-21-23-5/h6-9,11-13H,10,14H2,1-5H3/b7-6+,21-13+. The Balaban J connectivity index is 2.08. The van der Waals surface area contributed by atoms with Gasteiger partial charge in [-0.3, -0.25) is 0 Å². The van der Waals surface area contributed by atoms with Crippen LogP contribution in [0.15, 0.2) is 41.6 Å². The highest BCUT2D eigenvalue weighted by Gasteiger charge is 2.10. The molecule has 25 heavy (non-hydrogen) atoms. The van der Waals surface area contributed by atoms with Crippen LogP contribution in [-0.4, -0.2) is 24.5 Å². The molecule has 2 aromatic rings. The summed E-state index contributed by atoms with van der Waals surface area (Å²) in [6.45, 7) is 7.11. The maximum absolute atomic E-state index is 6.07. The highest BCUT2D eigenvalue weighted by molar-refractivity contribution is 5.77. The first kappa shape index (κ1) is 18.6. The fraction of sp³-hybridized carbons (Fsp3) is 0.350. The molecule has 2 rings (SSSR count). The molecule has 5 heteroatoms. The molecule has 1 aromatic carbocycles. The summed E-state index contributed by atoms with van der Waals surface area (Å²) < 4.78 is 13.8. The zero-order valence-corrected chi connectivity index (χ0v) is 15.6. The summed E-state index contributed by atoms with van der Waals surface area (Å²) in [7, 11) is 3.51. The number of nitrogens with zero attached hydrogens (tertiary/aromatic N) is 2. The highest BCUT2D eigenvalue weighted by atomic mass is 16.6. The topological polar surface area (TPSA) is 45.0 Å². The molecular formula is C20H26N2O3. The first-order chi connectivity index (χ1) is 12.1. The molecule has 0 aliphatic rings. The molecule has 0 bridgehead atoms. The van der Waals surface area contributed by atoms with Crippen molar-refractivity contribution in [1.82, 2.24) is 4.57 Å². The van der Waals surface area contributed by atoms with E-state index >= 15 is 0 Å². The lowest BCUT2D eigenvalue weighted by molar-refractivity contribution is 0.215. The van der Waals surface area contributed by atoms with E-state index in [-0.39, 0.29) is 0 Å². The second-order valence-electron chi connectivity index (χ2n) is 5.78. The van der Waals surface area contributed by atoms with E-state index in [1.807, 2.05) is 68.8 Å². The molecule has 0 aliphatic heterocycles. The van der Waals surface area contributed by atoms with Crippen LogP contribution in [0.2, 0.25) is 0 Å². The summed E-state index contributed by atoms with van der Waals surface area (Å²) in [5.74, 6) is 1.75. The molecule has 0 N–H and O–H groups in total. The van der Waals surface area contributed by atoms with Crippen LogP contribution >= 0.6 is 0 Å². The first-order valence-electron chi connectivity index (χ1n) is 8.26. The molecule has 0 fully saturated rings. The van der Waals surface area contributed by atoms with Crippen LogP contribution in [-0.2, 0) is 18.5 Å². The van der Waals surface area contributed by atoms with Gasteiger partial charge in [0.25, 0.3) is 0 Å². The van der Waals surface area contributed by atoms with Crippen LogP contribution in [0.3, 0.4) is 0 Å². The van der Waals surface area contributed by atoms with Crippen molar-refractivity contribution in [3.63, 3.8) is 0 Å². The Hall–Kier alpha value is -2.69. The molecule has 0 aliphatic carbocycles. The Bertz CT molecular complexity index is 737. The minimum atomic E-state index is 0.484. The van der Waals surface area contributed by atoms with Crippen LogP contribution in [0.25, 0.3) is 0 Å². The third-order valence-corrected chi connectivity index (χ3v) is 3.94. The van der Waals surface area contributed by atoms with Gasteiger partial charge in [-0.2, -0.15) is 0 Å². The van der Waals surface area contributed by atoms with E-state index in [2.05, 4.69) is 5.16 Å². The van der Waals surface area contributed by atoms with E-state index in [1.54, 1.807) is 6.21 Å². The molecule has 5 nitrogen and oxygen atoms in total. The number of oxime groups is 1. The number of ether oxygens (including phenoxy) is 2. The quantitative estimate of drug-likeness (QED) is 0.411. The summed E-state index contributed by atoms with van der Waals surface area (Å²) in [5, 5.41) is 3.80. The Kier molecular flexibility index (Phi) is 6.69. The van der Waals surface area contributed by atoms with Gasteiger partial charge >= 0.3 is 0 Å². The normalized spacial score (nSPS) is 11.4. The minimum Gasteiger partial charge on any atom is -0.490 e. The number of allylic oxidation sites excluding steroid dienone is 1. The Morgan fingerprint density at radius 3 is 2.48 bits per heavy atom.